The molecule has 0 atom stereocenters. The first kappa shape index (κ1) is 17.0. The molecule has 1 aromatic heterocycles. The highest BCUT2D eigenvalue weighted by Crippen LogP contribution is 2.16. The Hall–Kier alpha value is -2.36. The molecule has 0 unspecified atom stereocenters. The second kappa shape index (κ2) is 7.27. The van der Waals surface area contributed by atoms with Crippen molar-refractivity contribution in [1.29, 1.82) is 0 Å². The Bertz CT molecular complexity index is 647. The second-order valence-electron chi connectivity index (χ2n) is 6.61. The molecule has 23 heavy (non-hydrogen) atoms. The highest BCUT2D eigenvalue weighted by Gasteiger charge is 2.17. The summed E-state index contributed by atoms with van der Waals surface area (Å²) in [4.78, 5) is 18.8. The number of nitrogens with one attached hydrogen (secondary N) is 1. The van der Waals surface area contributed by atoms with Crippen LogP contribution in [-0.4, -0.2) is 27.9 Å². The van der Waals surface area contributed by atoms with Gasteiger partial charge in [-0.2, -0.15) is 0 Å². The van der Waals surface area contributed by atoms with E-state index in [2.05, 4.69) is 31.1 Å². The van der Waals surface area contributed by atoms with Crippen LogP contribution in [0, 0.1) is 0 Å². The molecule has 1 amide bonds. The Morgan fingerprint density at radius 1 is 1.17 bits per heavy atom. The molecule has 0 spiro atoms. The van der Waals surface area contributed by atoms with Crippen LogP contribution in [0.1, 0.15) is 43.7 Å². The Morgan fingerprint density at radius 2 is 1.87 bits per heavy atom. The van der Waals surface area contributed by atoms with Crippen LogP contribution < -0.4 is 5.32 Å². The van der Waals surface area contributed by atoms with Crippen LogP contribution >= 0.6 is 0 Å². The molecule has 0 radical (unpaired) electrons. The van der Waals surface area contributed by atoms with E-state index in [4.69, 9.17) is 0 Å². The van der Waals surface area contributed by atoms with Crippen molar-refractivity contribution in [3.63, 3.8) is 0 Å². The van der Waals surface area contributed by atoms with Gasteiger partial charge in [-0.25, -0.2) is 0 Å². The van der Waals surface area contributed by atoms with Gasteiger partial charge in [-0.3, -0.25) is 9.78 Å². The van der Waals surface area contributed by atoms with Gasteiger partial charge in [-0.15, -0.1) is 0 Å². The molecule has 122 valence electrons. The minimum absolute atomic E-state index is 0.0473. The number of aromatic nitrogens is 1. The van der Waals surface area contributed by atoms with Gasteiger partial charge in [-0.05, 0) is 45.4 Å². The molecule has 2 rings (SSSR count). The number of carbonyl (C=O) groups excluding carboxylic acids is 1. The van der Waals surface area contributed by atoms with E-state index in [-0.39, 0.29) is 11.4 Å². The molecule has 1 heterocycles. The molecule has 0 aliphatic carbocycles. The van der Waals surface area contributed by atoms with Crippen LogP contribution in [-0.2, 0) is 6.54 Å². The molecule has 0 aliphatic rings. The lowest BCUT2D eigenvalue weighted by atomic mass is 10.1. The lowest BCUT2D eigenvalue weighted by Crippen LogP contribution is -2.31. The molecule has 4 nitrogen and oxygen atoms in total. The topological polar surface area (TPSA) is 45.2 Å². The summed E-state index contributed by atoms with van der Waals surface area (Å²) in [6, 6.07) is 13.7. The summed E-state index contributed by atoms with van der Waals surface area (Å²) in [5.74, 6) is -0.0473. The van der Waals surface area contributed by atoms with E-state index in [1.54, 1.807) is 11.1 Å². The molecule has 2 aromatic rings. The third-order valence-electron chi connectivity index (χ3n) is 3.38. The summed E-state index contributed by atoms with van der Waals surface area (Å²) >= 11 is 0. The number of amides is 1. The van der Waals surface area contributed by atoms with Gasteiger partial charge >= 0.3 is 0 Å². The zero-order valence-corrected chi connectivity index (χ0v) is 14.3. The summed E-state index contributed by atoms with van der Waals surface area (Å²) in [6.07, 6.45) is 1.68. The number of pyridine rings is 1. The van der Waals surface area contributed by atoms with E-state index in [0.29, 0.717) is 18.8 Å². The van der Waals surface area contributed by atoms with Crippen LogP contribution in [0.2, 0.25) is 0 Å². The quantitative estimate of drug-likeness (QED) is 0.909. The van der Waals surface area contributed by atoms with Gasteiger partial charge in [0.1, 0.15) is 5.69 Å². The molecular formula is C19H25N3O. The predicted molar refractivity (Wildman–Crippen MR) is 94.5 cm³/mol. The molecule has 0 fully saturated rings. The van der Waals surface area contributed by atoms with Gasteiger partial charge < -0.3 is 10.2 Å². The number of nitrogens with zero attached hydrogens (tertiary/aromatic N) is 2. The standard InChI is InChI=1S/C19H25N3O/c1-5-22(14-15-9-7-6-8-10-15)18(23)17-13-16(11-12-20-17)21-19(2,3)4/h6-13H,5,14H2,1-4H3,(H,20,21). The Kier molecular flexibility index (Phi) is 5.37. The van der Waals surface area contributed by atoms with Gasteiger partial charge in [0.05, 0.1) is 0 Å². The van der Waals surface area contributed by atoms with E-state index < -0.39 is 0 Å². The number of rotatable bonds is 5. The average molecular weight is 311 g/mol. The Morgan fingerprint density at radius 3 is 2.48 bits per heavy atom. The fourth-order valence-corrected chi connectivity index (χ4v) is 2.35. The SMILES string of the molecule is CCN(Cc1ccccc1)C(=O)c1cc(NC(C)(C)C)ccn1. The van der Waals surface area contributed by atoms with Crippen molar-refractivity contribution in [3.8, 4) is 0 Å². The third-order valence-corrected chi connectivity index (χ3v) is 3.38. The van der Waals surface area contributed by atoms with Crippen molar-refractivity contribution in [3.05, 3.63) is 59.9 Å². The molecule has 0 aliphatic heterocycles. The average Bonchev–Trinajstić information content (AvgIpc) is 2.51. The normalized spacial score (nSPS) is 11.1. The van der Waals surface area contributed by atoms with Crippen molar-refractivity contribution < 1.29 is 4.79 Å². The lowest BCUT2D eigenvalue weighted by molar-refractivity contribution is 0.0746. The van der Waals surface area contributed by atoms with Crippen molar-refractivity contribution >= 4 is 11.6 Å². The van der Waals surface area contributed by atoms with Crippen LogP contribution in [0.25, 0.3) is 0 Å². The molecule has 0 saturated heterocycles. The summed E-state index contributed by atoms with van der Waals surface area (Å²) in [5.41, 5.74) is 2.44. The lowest BCUT2D eigenvalue weighted by Gasteiger charge is -2.23. The number of anilines is 1. The smallest absolute Gasteiger partial charge is 0.272 e. The summed E-state index contributed by atoms with van der Waals surface area (Å²) in [5, 5.41) is 3.37. The van der Waals surface area contributed by atoms with Crippen LogP contribution in [0.4, 0.5) is 5.69 Å². The summed E-state index contributed by atoms with van der Waals surface area (Å²) in [7, 11) is 0. The molecule has 0 bridgehead atoms. The van der Waals surface area contributed by atoms with E-state index in [9.17, 15) is 4.79 Å². The fraction of sp³-hybridized carbons (Fsp3) is 0.368. The first-order chi connectivity index (χ1) is 10.9. The van der Waals surface area contributed by atoms with E-state index in [1.807, 2.05) is 49.4 Å². The van der Waals surface area contributed by atoms with Gasteiger partial charge in [0.2, 0.25) is 0 Å². The first-order valence-corrected chi connectivity index (χ1v) is 7.96. The van der Waals surface area contributed by atoms with E-state index >= 15 is 0 Å². The zero-order valence-electron chi connectivity index (χ0n) is 14.3. The summed E-state index contributed by atoms with van der Waals surface area (Å²) in [6.45, 7) is 9.48. The minimum Gasteiger partial charge on any atom is -0.380 e. The highest BCUT2D eigenvalue weighted by molar-refractivity contribution is 5.93. The minimum atomic E-state index is -0.0594. The monoisotopic (exact) mass is 311 g/mol. The van der Waals surface area contributed by atoms with Gasteiger partial charge in [0.25, 0.3) is 5.91 Å². The molecule has 0 saturated carbocycles. The predicted octanol–water partition coefficient (Wildman–Crippen LogP) is 3.95. The molecular weight excluding hydrogens is 286 g/mol. The zero-order chi connectivity index (χ0) is 16.9. The van der Waals surface area contributed by atoms with Gasteiger partial charge in [-0.1, -0.05) is 30.3 Å². The largest absolute Gasteiger partial charge is 0.380 e. The maximum absolute atomic E-state index is 12.7. The maximum Gasteiger partial charge on any atom is 0.272 e. The molecule has 1 N–H and O–H groups in total. The van der Waals surface area contributed by atoms with E-state index in [0.717, 1.165) is 11.3 Å². The number of hydrogen-bond donors (Lipinski definition) is 1. The van der Waals surface area contributed by atoms with Crippen molar-refractivity contribution in [2.24, 2.45) is 0 Å². The molecule has 1 aromatic carbocycles. The van der Waals surface area contributed by atoms with Gasteiger partial charge in [0.15, 0.2) is 0 Å². The van der Waals surface area contributed by atoms with Crippen LogP contribution in [0.15, 0.2) is 48.7 Å². The van der Waals surface area contributed by atoms with Crippen molar-refractivity contribution in [2.45, 2.75) is 39.8 Å². The van der Waals surface area contributed by atoms with Crippen LogP contribution in [0.5, 0.6) is 0 Å². The van der Waals surface area contributed by atoms with E-state index in [1.165, 1.54) is 0 Å². The number of carbonyl (C=O) groups is 1. The summed E-state index contributed by atoms with van der Waals surface area (Å²) < 4.78 is 0. The maximum atomic E-state index is 12.7. The van der Waals surface area contributed by atoms with Gasteiger partial charge in [0, 0.05) is 30.5 Å². The third kappa shape index (κ3) is 5.09. The number of hydrogen-bond acceptors (Lipinski definition) is 3. The fourth-order valence-electron chi connectivity index (χ4n) is 2.35. The molecule has 4 heteroatoms. The van der Waals surface area contributed by atoms with Crippen molar-refractivity contribution in [2.75, 3.05) is 11.9 Å². The van der Waals surface area contributed by atoms with Crippen LogP contribution in [0.3, 0.4) is 0 Å². The number of benzene rings is 1. The Balaban J connectivity index is 2.16. The Labute approximate surface area is 138 Å². The second-order valence-corrected chi connectivity index (χ2v) is 6.61. The highest BCUT2D eigenvalue weighted by atomic mass is 16.2. The van der Waals surface area contributed by atoms with Crippen molar-refractivity contribution in [1.82, 2.24) is 9.88 Å². The first-order valence-electron chi connectivity index (χ1n) is 7.96.